The van der Waals surface area contributed by atoms with Gasteiger partial charge in [-0.2, -0.15) is 5.26 Å². The van der Waals surface area contributed by atoms with E-state index in [1.807, 2.05) is 6.07 Å². The van der Waals surface area contributed by atoms with Gasteiger partial charge >= 0.3 is 0 Å². The molecule has 1 aromatic heterocycles. The van der Waals surface area contributed by atoms with Crippen LogP contribution in [0.25, 0.3) is 0 Å². The smallest absolute Gasteiger partial charge is 0.144 e. The number of likely N-dealkylation sites (tertiary alicyclic amines) is 1. The number of nitrogens with zero attached hydrogens (tertiary/aromatic N) is 3. The highest BCUT2D eigenvalue weighted by Gasteiger charge is 2.20. The van der Waals surface area contributed by atoms with Gasteiger partial charge in [0.2, 0.25) is 0 Å². The first-order valence-electron chi connectivity index (χ1n) is 7.03. The Morgan fingerprint density at radius 3 is 2.84 bits per heavy atom. The molecule has 0 radical (unpaired) electrons. The second-order valence-corrected chi connectivity index (χ2v) is 5.62. The third-order valence-electron chi connectivity index (χ3n) is 3.48. The number of piperidine rings is 1. The Morgan fingerprint density at radius 1 is 1.47 bits per heavy atom. The van der Waals surface area contributed by atoms with Crippen LogP contribution in [0, 0.1) is 17.2 Å². The largest absolute Gasteiger partial charge is 0.366 e. The summed E-state index contributed by atoms with van der Waals surface area (Å²) in [6.07, 6.45) is 3.97. The van der Waals surface area contributed by atoms with Gasteiger partial charge < -0.3 is 10.2 Å². The number of anilines is 1. The lowest BCUT2D eigenvalue weighted by atomic mass is 10.0. The maximum absolute atomic E-state index is 9.05. The average Bonchev–Trinajstić information content (AvgIpc) is 2.41. The number of rotatable bonds is 4. The van der Waals surface area contributed by atoms with Crippen molar-refractivity contribution < 1.29 is 0 Å². The molecular weight excluding hydrogens is 236 g/mol. The van der Waals surface area contributed by atoms with E-state index in [1.54, 1.807) is 12.3 Å². The van der Waals surface area contributed by atoms with Crippen molar-refractivity contribution in [2.45, 2.75) is 32.7 Å². The van der Waals surface area contributed by atoms with Gasteiger partial charge in [-0.1, -0.05) is 13.8 Å². The van der Waals surface area contributed by atoms with Crippen LogP contribution in [-0.4, -0.2) is 35.6 Å². The molecule has 1 saturated heterocycles. The fourth-order valence-electron chi connectivity index (χ4n) is 2.58. The summed E-state index contributed by atoms with van der Waals surface area (Å²) in [7, 11) is 0. The van der Waals surface area contributed by atoms with Gasteiger partial charge in [-0.3, -0.25) is 0 Å². The van der Waals surface area contributed by atoms with E-state index in [0.29, 0.717) is 11.6 Å². The lowest BCUT2D eigenvalue weighted by Gasteiger charge is -2.33. The van der Waals surface area contributed by atoms with Crippen LogP contribution in [0.1, 0.15) is 32.3 Å². The molecule has 1 fully saturated rings. The van der Waals surface area contributed by atoms with E-state index in [0.717, 1.165) is 37.7 Å². The van der Waals surface area contributed by atoms with Crippen molar-refractivity contribution in [2.75, 3.05) is 25.0 Å². The number of aromatic nitrogens is 1. The zero-order chi connectivity index (χ0) is 13.7. The van der Waals surface area contributed by atoms with E-state index in [4.69, 9.17) is 5.26 Å². The van der Waals surface area contributed by atoms with Crippen LogP contribution in [0.4, 0.5) is 5.82 Å². The van der Waals surface area contributed by atoms with Crippen molar-refractivity contribution in [3.8, 4) is 6.07 Å². The molecule has 0 atom stereocenters. The van der Waals surface area contributed by atoms with Gasteiger partial charge in [-0.05, 0) is 30.9 Å². The molecule has 0 aromatic carbocycles. The summed E-state index contributed by atoms with van der Waals surface area (Å²) in [6, 6.07) is 6.23. The first-order valence-corrected chi connectivity index (χ1v) is 7.03. The van der Waals surface area contributed by atoms with E-state index in [9.17, 15) is 0 Å². The molecule has 2 heterocycles. The van der Waals surface area contributed by atoms with Crippen LogP contribution in [0.2, 0.25) is 0 Å². The zero-order valence-corrected chi connectivity index (χ0v) is 11.8. The van der Waals surface area contributed by atoms with Gasteiger partial charge in [0.1, 0.15) is 11.9 Å². The first-order chi connectivity index (χ1) is 9.19. The summed E-state index contributed by atoms with van der Waals surface area (Å²) >= 11 is 0. The van der Waals surface area contributed by atoms with E-state index >= 15 is 0 Å². The molecule has 1 N–H and O–H groups in total. The van der Waals surface area contributed by atoms with Crippen LogP contribution < -0.4 is 5.32 Å². The Morgan fingerprint density at radius 2 is 2.21 bits per heavy atom. The SMILES string of the molecule is CC(C)CN1CCC(Nc2ncccc2C#N)CC1. The normalized spacial score (nSPS) is 17.4. The van der Waals surface area contributed by atoms with Crippen LogP contribution in [0.5, 0.6) is 0 Å². The summed E-state index contributed by atoms with van der Waals surface area (Å²) in [5.74, 6) is 1.46. The molecule has 4 heteroatoms. The van der Waals surface area contributed by atoms with E-state index in [-0.39, 0.29) is 0 Å². The Labute approximate surface area is 115 Å². The lowest BCUT2D eigenvalue weighted by molar-refractivity contribution is 0.198. The van der Waals surface area contributed by atoms with Crippen LogP contribution in [-0.2, 0) is 0 Å². The van der Waals surface area contributed by atoms with Crippen LogP contribution in [0.15, 0.2) is 18.3 Å². The second-order valence-electron chi connectivity index (χ2n) is 5.62. The number of hydrogen-bond acceptors (Lipinski definition) is 4. The molecule has 102 valence electrons. The molecule has 1 aromatic rings. The van der Waals surface area contributed by atoms with Crippen molar-refractivity contribution in [2.24, 2.45) is 5.92 Å². The first kappa shape index (κ1) is 13.8. The number of hydrogen-bond donors (Lipinski definition) is 1. The molecule has 19 heavy (non-hydrogen) atoms. The molecule has 0 bridgehead atoms. The summed E-state index contributed by atoms with van der Waals surface area (Å²) in [4.78, 5) is 6.78. The third kappa shape index (κ3) is 3.93. The van der Waals surface area contributed by atoms with Crippen molar-refractivity contribution >= 4 is 5.82 Å². The van der Waals surface area contributed by atoms with Gasteiger partial charge in [-0.15, -0.1) is 0 Å². The van der Waals surface area contributed by atoms with Gasteiger partial charge in [-0.25, -0.2) is 4.98 Å². The predicted molar refractivity (Wildman–Crippen MR) is 76.9 cm³/mol. The zero-order valence-electron chi connectivity index (χ0n) is 11.8. The summed E-state index contributed by atoms with van der Waals surface area (Å²) in [5, 5.41) is 12.5. The van der Waals surface area contributed by atoms with E-state index < -0.39 is 0 Å². The lowest BCUT2D eigenvalue weighted by Crippen LogP contribution is -2.40. The van der Waals surface area contributed by atoms with Crippen molar-refractivity contribution in [3.63, 3.8) is 0 Å². The Hall–Kier alpha value is -1.60. The minimum Gasteiger partial charge on any atom is -0.366 e. The molecule has 4 nitrogen and oxygen atoms in total. The Balaban J connectivity index is 1.87. The second kappa shape index (κ2) is 6.53. The highest BCUT2D eigenvalue weighted by Crippen LogP contribution is 2.18. The number of nitriles is 1. The highest BCUT2D eigenvalue weighted by atomic mass is 15.1. The monoisotopic (exact) mass is 258 g/mol. The van der Waals surface area contributed by atoms with Gasteiger partial charge in [0.15, 0.2) is 0 Å². The molecule has 1 aliphatic rings. The predicted octanol–water partition coefficient (Wildman–Crippen LogP) is 2.49. The van der Waals surface area contributed by atoms with Crippen molar-refractivity contribution in [1.29, 1.82) is 5.26 Å². The van der Waals surface area contributed by atoms with Crippen LogP contribution >= 0.6 is 0 Å². The molecular formula is C15H22N4. The fourth-order valence-corrected chi connectivity index (χ4v) is 2.58. The maximum atomic E-state index is 9.05. The quantitative estimate of drug-likeness (QED) is 0.901. The number of pyridine rings is 1. The van der Waals surface area contributed by atoms with Gasteiger partial charge in [0, 0.05) is 31.9 Å². The minimum atomic E-state index is 0.436. The molecule has 2 rings (SSSR count). The molecule has 0 amide bonds. The van der Waals surface area contributed by atoms with Crippen molar-refractivity contribution in [3.05, 3.63) is 23.9 Å². The van der Waals surface area contributed by atoms with Crippen LogP contribution in [0.3, 0.4) is 0 Å². The Kier molecular flexibility index (Phi) is 4.75. The average molecular weight is 258 g/mol. The number of nitrogens with one attached hydrogen (secondary N) is 1. The van der Waals surface area contributed by atoms with E-state index in [2.05, 4.69) is 35.1 Å². The molecule has 0 spiro atoms. The topological polar surface area (TPSA) is 52.0 Å². The summed E-state index contributed by atoms with van der Waals surface area (Å²) < 4.78 is 0. The molecule has 1 aliphatic heterocycles. The third-order valence-corrected chi connectivity index (χ3v) is 3.48. The standard InChI is InChI=1S/C15H22N4/c1-12(2)11-19-8-5-14(6-9-19)18-15-13(10-16)4-3-7-17-15/h3-4,7,12,14H,5-6,8-9,11H2,1-2H3,(H,17,18). The van der Waals surface area contributed by atoms with Crippen molar-refractivity contribution in [1.82, 2.24) is 9.88 Å². The maximum Gasteiger partial charge on any atom is 0.144 e. The van der Waals surface area contributed by atoms with E-state index in [1.165, 1.54) is 6.54 Å². The highest BCUT2D eigenvalue weighted by molar-refractivity contribution is 5.51. The van der Waals surface area contributed by atoms with Gasteiger partial charge in [0.25, 0.3) is 0 Å². The van der Waals surface area contributed by atoms with Gasteiger partial charge in [0.05, 0.1) is 5.56 Å². The molecule has 0 aliphatic carbocycles. The minimum absolute atomic E-state index is 0.436. The molecule has 0 saturated carbocycles. The Bertz CT molecular complexity index is 442. The molecule has 0 unspecified atom stereocenters. The fraction of sp³-hybridized carbons (Fsp3) is 0.600. The summed E-state index contributed by atoms with van der Waals surface area (Å²) in [5.41, 5.74) is 0.632. The summed E-state index contributed by atoms with van der Waals surface area (Å²) in [6.45, 7) is 7.96.